The van der Waals surface area contributed by atoms with Crippen LogP contribution in [0.15, 0.2) is 29.3 Å². The van der Waals surface area contributed by atoms with Crippen molar-refractivity contribution in [3.63, 3.8) is 0 Å². The second-order valence-corrected chi connectivity index (χ2v) is 9.18. The molecule has 1 aromatic carbocycles. The maximum absolute atomic E-state index is 6.34. The van der Waals surface area contributed by atoms with Crippen molar-refractivity contribution in [2.75, 3.05) is 37.7 Å². The monoisotopic (exact) mass is 388 g/mol. The van der Waals surface area contributed by atoms with E-state index in [1.165, 1.54) is 62.3 Å². The van der Waals surface area contributed by atoms with E-state index in [2.05, 4.69) is 34.1 Å². The van der Waals surface area contributed by atoms with Gasteiger partial charge in [0.05, 0.1) is 19.2 Å². The zero-order valence-corrected chi connectivity index (χ0v) is 17.0. The highest BCUT2D eigenvalue weighted by Gasteiger charge is 2.38. The van der Waals surface area contributed by atoms with Crippen LogP contribution in [0.1, 0.15) is 50.1 Å². The Morgan fingerprint density at radius 2 is 2.00 bits per heavy atom. The number of hydrogen-bond acceptors (Lipinski definition) is 4. The molecule has 0 amide bonds. The van der Waals surface area contributed by atoms with E-state index in [-0.39, 0.29) is 11.6 Å². The first-order chi connectivity index (χ1) is 13.3. The van der Waals surface area contributed by atoms with Gasteiger partial charge >= 0.3 is 0 Å². The van der Waals surface area contributed by atoms with Gasteiger partial charge in [0, 0.05) is 42.1 Å². The number of ether oxygens (including phenoxy) is 1. The van der Waals surface area contributed by atoms with E-state index in [9.17, 15) is 0 Å². The van der Waals surface area contributed by atoms with Gasteiger partial charge in [-0.15, -0.1) is 0 Å². The predicted octanol–water partition coefficient (Wildman–Crippen LogP) is 3.17. The number of nitrogens with zero attached hydrogens (tertiary/aromatic N) is 2. The van der Waals surface area contributed by atoms with Gasteiger partial charge in [0.1, 0.15) is 5.75 Å². The molecule has 6 heteroatoms. The number of hydrogen-bond donors (Lipinski definition) is 2. The van der Waals surface area contributed by atoms with E-state index < -0.39 is 0 Å². The number of aliphatic imine (C=N–C) groups is 1. The van der Waals surface area contributed by atoms with E-state index in [1.54, 1.807) is 0 Å². The Bertz CT molecular complexity index is 653. The van der Waals surface area contributed by atoms with Crippen LogP contribution in [0.3, 0.4) is 0 Å². The first-order valence-electron chi connectivity index (χ1n) is 10.4. The molecule has 1 aromatic rings. The molecule has 1 saturated heterocycles. The number of guanidine groups is 1. The minimum atomic E-state index is 0.187. The highest BCUT2D eigenvalue weighted by Crippen LogP contribution is 2.36. The quantitative estimate of drug-likeness (QED) is 0.613. The minimum absolute atomic E-state index is 0.187. The smallest absolute Gasteiger partial charge is 0.189 e. The van der Waals surface area contributed by atoms with Gasteiger partial charge in [0.25, 0.3) is 0 Å². The lowest BCUT2D eigenvalue weighted by Crippen LogP contribution is -2.55. The molecule has 3 N–H and O–H groups in total. The fourth-order valence-corrected chi connectivity index (χ4v) is 5.67. The average molecular weight is 389 g/mol. The molecule has 5 nitrogen and oxygen atoms in total. The molecular weight excluding hydrogens is 356 g/mol. The summed E-state index contributed by atoms with van der Waals surface area (Å²) in [4.78, 5) is 7.57. The fourth-order valence-electron chi connectivity index (χ4n) is 4.77. The molecular formula is C21H32N4OS. The van der Waals surface area contributed by atoms with Crippen LogP contribution in [0.25, 0.3) is 0 Å². The first-order valence-corrected chi connectivity index (χ1v) is 11.5. The van der Waals surface area contributed by atoms with Crippen LogP contribution in [-0.4, -0.2) is 54.1 Å². The van der Waals surface area contributed by atoms with Gasteiger partial charge in [-0.05, 0) is 18.9 Å². The molecule has 1 aliphatic carbocycles. The van der Waals surface area contributed by atoms with Gasteiger partial charge in [-0.25, -0.2) is 0 Å². The molecule has 1 atom stereocenters. The summed E-state index contributed by atoms with van der Waals surface area (Å²) >= 11 is 2.08. The third-order valence-electron chi connectivity index (χ3n) is 6.29. The highest BCUT2D eigenvalue weighted by atomic mass is 32.2. The Kier molecular flexibility index (Phi) is 6.13. The van der Waals surface area contributed by atoms with E-state index in [1.807, 2.05) is 12.1 Å². The molecule has 0 radical (unpaired) electrons. The molecule has 0 aromatic heterocycles. The van der Waals surface area contributed by atoms with Crippen LogP contribution in [0.4, 0.5) is 0 Å². The minimum Gasteiger partial charge on any atom is -0.493 e. The first kappa shape index (κ1) is 18.9. The second kappa shape index (κ2) is 8.74. The standard InChI is InChI=1S/C21H32N4OS/c22-20(24-18-8-13-26-19-7-3-2-6-17(18)19)23-16-21(9-4-1-5-10-21)25-11-14-27-15-12-25/h2-3,6-7,18H,1,4-5,8-16H2,(H3,22,23,24). The summed E-state index contributed by atoms with van der Waals surface area (Å²) in [5.41, 5.74) is 7.75. The molecule has 4 rings (SSSR count). The van der Waals surface area contributed by atoms with E-state index in [0.29, 0.717) is 5.96 Å². The molecule has 1 unspecified atom stereocenters. The lowest BCUT2D eigenvalue weighted by Gasteiger charge is -2.47. The van der Waals surface area contributed by atoms with Crippen molar-refractivity contribution >= 4 is 17.7 Å². The molecule has 27 heavy (non-hydrogen) atoms. The van der Waals surface area contributed by atoms with Crippen LogP contribution < -0.4 is 15.8 Å². The van der Waals surface area contributed by atoms with Gasteiger partial charge in [-0.2, -0.15) is 11.8 Å². The number of thioether (sulfide) groups is 1. The third-order valence-corrected chi connectivity index (χ3v) is 7.23. The van der Waals surface area contributed by atoms with Crippen LogP contribution in [0.2, 0.25) is 0 Å². The molecule has 3 aliphatic rings. The Balaban J connectivity index is 1.44. The van der Waals surface area contributed by atoms with Crippen LogP contribution >= 0.6 is 11.8 Å². The lowest BCUT2D eigenvalue weighted by atomic mass is 9.80. The largest absolute Gasteiger partial charge is 0.493 e. The summed E-state index contributed by atoms with van der Waals surface area (Å²) in [6.45, 7) is 3.93. The van der Waals surface area contributed by atoms with Gasteiger partial charge in [0.15, 0.2) is 5.96 Å². The maximum Gasteiger partial charge on any atom is 0.189 e. The highest BCUT2D eigenvalue weighted by molar-refractivity contribution is 7.99. The number of nitrogens with two attached hydrogens (primary N) is 1. The van der Waals surface area contributed by atoms with E-state index in [0.717, 1.165) is 25.3 Å². The summed E-state index contributed by atoms with van der Waals surface area (Å²) in [5.74, 6) is 4.03. The molecule has 2 aliphatic heterocycles. The maximum atomic E-state index is 6.34. The number of fused-ring (bicyclic) bond motifs is 1. The lowest BCUT2D eigenvalue weighted by molar-refractivity contribution is 0.0672. The van der Waals surface area contributed by atoms with Crippen molar-refractivity contribution in [1.29, 1.82) is 0 Å². The van der Waals surface area contributed by atoms with Gasteiger partial charge in [0.2, 0.25) is 0 Å². The zero-order chi connectivity index (χ0) is 18.5. The summed E-state index contributed by atoms with van der Waals surface area (Å²) in [6, 6.07) is 8.41. The number of para-hydroxylation sites is 1. The molecule has 0 spiro atoms. The summed E-state index contributed by atoms with van der Waals surface area (Å²) in [6.07, 6.45) is 7.44. The number of rotatable bonds is 4. The number of nitrogens with one attached hydrogen (secondary N) is 1. The molecule has 1 saturated carbocycles. The SMILES string of the molecule is NC(=NCC1(N2CCSCC2)CCCCC1)NC1CCOc2ccccc21. The summed E-state index contributed by atoms with van der Waals surface area (Å²) < 4.78 is 5.76. The van der Waals surface area contributed by atoms with Crippen LogP contribution in [0, 0.1) is 0 Å². The van der Waals surface area contributed by atoms with E-state index in [4.69, 9.17) is 15.5 Å². The van der Waals surface area contributed by atoms with Crippen molar-refractivity contribution in [2.24, 2.45) is 10.7 Å². The predicted molar refractivity (Wildman–Crippen MR) is 114 cm³/mol. The van der Waals surface area contributed by atoms with E-state index >= 15 is 0 Å². The topological polar surface area (TPSA) is 62.9 Å². The van der Waals surface area contributed by atoms with Crippen molar-refractivity contribution < 1.29 is 4.74 Å². The fraction of sp³-hybridized carbons (Fsp3) is 0.667. The normalized spacial score (nSPS) is 26.1. The van der Waals surface area contributed by atoms with Crippen LogP contribution in [0.5, 0.6) is 5.75 Å². The Labute approximate surface area is 167 Å². The molecule has 2 fully saturated rings. The summed E-state index contributed by atoms with van der Waals surface area (Å²) in [7, 11) is 0. The Morgan fingerprint density at radius 3 is 2.81 bits per heavy atom. The van der Waals surface area contributed by atoms with Gasteiger partial charge in [-0.3, -0.25) is 9.89 Å². The molecule has 0 bridgehead atoms. The van der Waals surface area contributed by atoms with Crippen molar-refractivity contribution in [3.05, 3.63) is 29.8 Å². The zero-order valence-electron chi connectivity index (χ0n) is 16.2. The van der Waals surface area contributed by atoms with Gasteiger partial charge in [-0.1, -0.05) is 37.5 Å². The van der Waals surface area contributed by atoms with Crippen molar-refractivity contribution in [3.8, 4) is 5.75 Å². The second-order valence-electron chi connectivity index (χ2n) is 7.96. The Hall–Kier alpha value is -1.40. The van der Waals surface area contributed by atoms with Crippen molar-refractivity contribution in [2.45, 2.75) is 50.1 Å². The molecule has 148 valence electrons. The Morgan fingerprint density at radius 1 is 1.22 bits per heavy atom. The summed E-state index contributed by atoms with van der Waals surface area (Å²) in [5, 5.41) is 3.46. The molecule has 2 heterocycles. The average Bonchev–Trinajstić information content (AvgIpc) is 2.74. The van der Waals surface area contributed by atoms with Gasteiger partial charge < -0.3 is 15.8 Å². The third kappa shape index (κ3) is 4.37. The van der Waals surface area contributed by atoms with Crippen molar-refractivity contribution in [1.82, 2.24) is 10.2 Å². The van der Waals surface area contributed by atoms with Crippen LogP contribution in [-0.2, 0) is 0 Å². The number of benzene rings is 1.